The van der Waals surface area contributed by atoms with Crippen LogP contribution in [0.4, 0.5) is 11.5 Å². The number of amides is 2. The number of aryl methyl sites for hydroxylation is 2. The maximum atomic E-state index is 11.9. The van der Waals surface area contributed by atoms with Gasteiger partial charge in [0.25, 0.3) is 5.91 Å². The summed E-state index contributed by atoms with van der Waals surface area (Å²) in [5, 5.41) is 8.89. The fraction of sp³-hybridized carbons (Fsp3) is 0.333. The molecule has 0 aliphatic carbocycles. The third-order valence-corrected chi connectivity index (χ3v) is 4.50. The highest BCUT2D eigenvalue weighted by molar-refractivity contribution is 8.00. The van der Waals surface area contributed by atoms with Crippen LogP contribution in [0.2, 0.25) is 0 Å². The molecule has 0 unspecified atom stereocenters. The maximum Gasteiger partial charge on any atom is 0.316 e. The standard InChI is InChI=1S/C18H21N3O5S/c1-11-5-4-6-14(13(11)3)19-16(22)8-25-18(24)10-27-9-17(23)20-15-7-12(2)26-21-15/h4-7H,8-10H2,1-3H3,(H,19,22)(H,20,21,23). The van der Waals surface area contributed by atoms with Crippen molar-refractivity contribution >= 4 is 41.1 Å². The van der Waals surface area contributed by atoms with Crippen molar-refractivity contribution < 1.29 is 23.6 Å². The quantitative estimate of drug-likeness (QED) is 0.665. The van der Waals surface area contributed by atoms with Gasteiger partial charge in [0, 0.05) is 11.8 Å². The molecule has 2 rings (SSSR count). The van der Waals surface area contributed by atoms with Crippen molar-refractivity contribution in [3.8, 4) is 0 Å². The molecule has 0 spiro atoms. The van der Waals surface area contributed by atoms with Gasteiger partial charge in [0.15, 0.2) is 12.4 Å². The fourth-order valence-corrected chi connectivity index (χ4v) is 2.70. The molecule has 27 heavy (non-hydrogen) atoms. The van der Waals surface area contributed by atoms with Crippen molar-refractivity contribution in [2.24, 2.45) is 0 Å². The minimum Gasteiger partial charge on any atom is -0.455 e. The van der Waals surface area contributed by atoms with Crippen LogP contribution < -0.4 is 10.6 Å². The van der Waals surface area contributed by atoms with Crippen molar-refractivity contribution in [1.82, 2.24) is 5.16 Å². The van der Waals surface area contributed by atoms with Crippen molar-refractivity contribution in [2.45, 2.75) is 20.8 Å². The summed E-state index contributed by atoms with van der Waals surface area (Å²) in [7, 11) is 0. The summed E-state index contributed by atoms with van der Waals surface area (Å²) in [6.45, 7) is 5.18. The molecule has 1 aromatic heterocycles. The highest BCUT2D eigenvalue weighted by Crippen LogP contribution is 2.17. The molecular weight excluding hydrogens is 370 g/mol. The smallest absolute Gasteiger partial charge is 0.316 e. The molecule has 8 nitrogen and oxygen atoms in total. The molecular formula is C18H21N3O5S. The SMILES string of the molecule is Cc1cc(NC(=O)CSCC(=O)OCC(=O)Nc2cccc(C)c2C)no1. The molecule has 0 radical (unpaired) electrons. The number of anilines is 2. The highest BCUT2D eigenvalue weighted by Gasteiger charge is 2.12. The van der Waals surface area contributed by atoms with Crippen LogP contribution >= 0.6 is 11.8 Å². The summed E-state index contributed by atoms with van der Waals surface area (Å²) < 4.78 is 9.75. The first kappa shape index (κ1) is 20.5. The Morgan fingerprint density at radius 3 is 2.59 bits per heavy atom. The number of hydrogen-bond acceptors (Lipinski definition) is 7. The molecule has 0 aliphatic rings. The van der Waals surface area contributed by atoms with E-state index in [2.05, 4.69) is 15.8 Å². The van der Waals surface area contributed by atoms with E-state index >= 15 is 0 Å². The lowest BCUT2D eigenvalue weighted by molar-refractivity contribution is -0.144. The summed E-state index contributed by atoms with van der Waals surface area (Å²) >= 11 is 1.08. The Balaban J connectivity index is 1.64. The van der Waals surface area contributed by atoms with E-state index in [-0.39, 0.29) is 24.0 Å². The van der Waals surface area contributed by atoms with Crippen LogP contribution in [0.1, 0.15) is 16.9 Å². The minimum absolute atomic E-state index is 0.0397. The largest absolute Gasteiger partial charge is 0.455 e. The van der Waals surface area contributed by atoms with Crippen molar-refractivity contribution in [3.63, 3.8) is 0 Å². The number of esters is 1. The molecule has 2 aromatic rings. The maximum absolute atomic E-state index is 11.9. The molecule has 0 saturated heterocycles. The lowest BCUT2D eigenvalue weighted by Crippen LogP contribution is -2.22. The van der Waals surface area contributed by atoms with Gasteiger partial charge in [-0.05, 0) is 38.0 Å². The van der Waals surface area contributed by atoms with Crippen LogP contribution in [0.5, 0.6) is 0 Å². The van der Waals surface area contributed by atoms with Gasteiger partial charge in [0.2, 0.25) is 5.91 Å². The molecule has 2 amide bonds. The number of aromatic nitrogens is 1. The lowest BCUT2D eigenvalue weighted by atomic mass is 10.1. The molecule has 1 aromatic carbocycles. The van der Waals surface area contributed by atoms with E-state index in [1.54, 1.807) is 19.1 Å². The van der Waals surface area contributed by atoms with Crippen LogP contribution in [0.25, 0.3) is 0 Å². The molecule has 1 heterocycles. The van der Waals surface area contributed by atoms with Crippen LogP contribution in [-0.2, 0) is 19.1 Å². The van der Waals surface area contributed by atoms with Gasteiger partial charge >= 0.3 is 5.97 Å². The normalized spacial score (nSPS) is 10.3. The van der Waals surface area contributed by atoms with E-state index in [0.29, 0.717) is 17.3 Å². The summed E-state index contributed by atoms with van der Waals surface area (Å²) in [6, 6.07) is 7.16. The van der Waals surface area contributed by atoms with Crippen molar-refractivity contribution in [1.29, 1.82) is 0 Å². The predicted molar refractivity (Wildman–Crippen MR) is 103 cm³/mol. The third kappa shape index (κ3) is 6.78. The topological polar surface area (TPSA) is 111 Å². The van der Waals surface area contributed by atoms with Crippen LogP contribution in [0, 0.1) is 20.8 Å². The molecule has 0 bridgehead atoms. The van der Waals surface area contributed by atoms with Gasteiger partial charge in [-0.3, -0.25) is 14.4 Å². The number of rotatable bonds is 8. The summed E-state index contributed by atoms with van der Waals surface area (Å²) in [5.74, 6) is -0.377. The number of nitrogens with one attached hydrogen (secondary N) is 2. The van der Waals surface area contributed by atoms with E-state index in [9.17, 15) is 14.4 Å². The fourth-order valence-electron chi connectivity index (χ4n) is 2.09. The molecule has 9 heteroatoms. The van der Waals surface area contributed by atoms with Gasteiger partial charge in [0.05, 0.1) is 11.5 Å². The third-order valence-electron chi connectivity index (χ3n) is 3.59. The second-order valence-corrected chi connectivity index (χ2v) is 6.81. The zero-order chi connectivity index (χ0) is 19.8. The molecule has 0 fully saturated rings. The second-order valence-electron chi connectivity index (χ2n) is 5.82. The van der Waals surface area contributed by atoms with Gasteiger partial charge in [-0.1, -0.05) is 17.3 Å². The number of nitrogens with zero attached hydrogens (tertiary/aromatic N) is 1. The summed E-state index contributed by atoms with van der Waals surface area (Å²) in [6.07, 6.45) is 0. The van der Waals surface area contributed by atoms with E-state index in [0.717, 1.165) is 22.9 Å². The van der Waals surface area contributed by atoms with Crippen LogP contribution in [0.3, 0.4) is 0 Å². The lowest BCUT2D eigenvalue weighted by Gasteiger charge is -2.10. The Morgan fingerprint density at radius 2 is 1.89 bits per heavy atom. The molecule has 0 atom stereocenters. The number of thioether (sulfide) groups is 1. The van der Waals surface area contributed by atoms with Gasteiger partial charge in [0.1, 0.15) is 5.76 Å². The number of carbonyl (C=O) groups is 3. The first-order valence-electron chi connectivity index (χ1n) is 8.17. The molecule has 2 N–H and O–H groups in total. The van der Waals surface area contributed by atoms with Crippen molar-refractivity contribution in [3.05, 3.63) is 41.2 Å². The first-order valence-corrected chi connectivity index (χ1v) is 9.33. The van der Waals surface area contributed by atoms with Gasteiger partial charge in [-0.25, -0.2) is 0 Å². The zero-order valence-electron chi connectivity index (χ0n) is 15.3. The Labute approximate surface area is 161 Å². The average molecular weight is 391 g/mol. The number of hydrogen-bond donors (Lipinski definition) is 2. The number of ether oxygens (including phenoxy) is 1. The predicted octanol–water partition coefficient (Wildman–Crippen LogP) is 2.45. The Bertz CT molecular complexity index is 834. The number of benzene rings is 1. The Hall–Kier alpha value is -2.81. The van der Waals surface area contributed by atoms with E-state index in [1.807, 2.05) is 26.0 Å². The van der Waals surface area contributed by atoms with Crippen LogP contribution in [-0.4, -0.2) is 41.1 Å². The highest BCUT2D eigenvalue weighted by atomic mass is 32.2. The van der Waals surface area contributed by atoms with E-state index in [4.69, 9.17) is 9.26 Å². The van der Waals surface area contributed by atoms with E-state index < -0.39 is 11.9 Å². The van der Waals surface area contributed by atoms with Gasteiger partial charge in [-0.2, -0.15) is 0 Å². The van der Waals surface area contributed by atoms with E-state index in [1.165, 1.54) is 0 Å². The molecule has 0 aliphatic heterocycles. The first-order chi connectivity index (χ1) is 12.8. The summed E-state index contributed by atoms with van der Waals surface area (Å²) in [4.78, 5) is 35.3. The monoisotopic (exact) mass is 391 g/mol. The van der Waals surface area contributed by atoms with Crippen LogP contribution in [0.15, 0.2) is 28.8 Å². The number of carbonyl (C=O) groups excluding carboxylic acids is 3. The second kappa shape index (κ2) is 9.77. The van der Waals surface area contributed by atoms with Gasteiger partial charge in [-0.15, -0.1) is 11.8 Å². The molecule has 144 valence electrons. The Morgan fingerprint density at radius 1 is 1.11 bits per heavy atom. The Kier molecular flexibility index (Phi) is 7.42. The molecule has 0 saturated carbocycles. The van der Waals surface area contributed by atoms with Gasteiger partial charge < -0.3 is 19.9 Å². The average Bonchev–Trinajstić information content (AvgIpc) is 3.02. The minimum atomic E-state index is -0.568. The zero-order valence-corrected chi connectivity index (χ0v) is 16.1. The van der Waals surface area contributed by atoms with Crippen molar-refractivity contribution in [2.75, 3.05) is 28.7 Å². The summed E-state index contributed by atoms with van der Waals surface area (Å²) in [5.41, 5.74) is 2.70.